The first-order valence-electron chi connectivity index (χ1n) is 4.10. The highest BCUT2D eigenvalue weighted by Crippen LogP contribution is 2.24. The van der Waals surface area contributed by atoms with Crippen LogP contribution in [0.5, 0.6) is 0 Å². The first-order chi connectivity index (χ1) is 6.88. The molecular weight excluding hydrogens is 300 g/mol. The predicted octanol–water partition coefficient (Wildman–Crippen LogP) is 1.56. The van der Waals surface area contributed by atoms with Gasteiger partial charge in [-0.2, -0.15) is 0 Å². The molecule has 0 radical (unpaired) electrons. The lowest BCUT2D eigenvalue weighted by atomic mass is 10.4. The molecule has 1 aromatic rings. The lowest BCUT2D eigenvalue weighted by molar-refractivity contribution is 0.603. The third kappa shape index (κ3) is 4.85. The molecule has 15 heavy (non-hydrogen) atoms. The molecule has 0 atom stereocenters. The Hall–Kier alpha value is -0.270. The van der Waals surface area contributed by atoms with Gasteiger partial charge in [0.25, 0.3) is 0 Å². The predicted molar refractivity (Wildman–Crippen MR) is 66.8 cm³/mol. The van der Waals surface area contributed by atoms with Gasteiger partial charge in [0.1, 0.15) is 14.9 Å². The van der Waals surface area contributed by atoms with E-state index >= 15 is 0 Å². The van der Waals surface area contributed by atoms with Gasteiger partial charge < -0.3 is 5.73 Å². The van der Waals surface area contributed by atoms with Crippen LogP contribution < -0.4 is 5.73 Å². The number of hydrogen-bond donors (Lipinski definition) is 1. The van der Waals surface area contributed by atoms with Gasteiger partial charge in [0, 0.05) is 22.7 Å². The average Bonchev–Trinajstić information content (AvgIpc) is 2.07. The first-order valence-corrected chi connectivity index (χ1v) is 7.94. The van der Waals surface area contributed by atoms with Gasteiger partial charge >= 0.3 is 0 Å². The van der Waals surface area contributed by atoms with E-state index in [1.54, 1.807) is 12.3 Å². The molecule has 0 aliphatic rings. The molecule has 84 valence electrons. The van der Waals surface area contributed by atoms with E-state index in [0.717, 1.165) is 4.47 Å². The second kappa shape index (κ2) is 5.18. The Morgan fingerprint density at radius 3 is 2.80 bits per heavy atom. The summed E-state index contributed by atoms with van der Waals surface area (Å²) in [5.41, 5.74) is 6.27. The zero-order valence-electron chi connectivity index (χ0n) is 8.10. The van der Waals surface area contributed by atoms with E-state index in [4.69, 9.17) is 5.73 Å². The Morgan fingerprint density at radius 2 is 2.27 bits per heavy atom. The molecule has 0 amide bonds. The fourth-order valence-electron chi connectivity index (χ4n) is 0.853. The summed E-state index contributed by atoms with van der Waals surface area (Å²) in [6.45, 7) is 0. The van der Waals surface area contributed by atoms with E-state index in [0.29, 0.717) is 16.5 Å². The number of aromatic nitrogens is 1. The Bertz CT molecular complexity index is 448. The van der Waals surface area contributed by atoms with Crippen molar-refractivity contribution < 1.29 is 8.42 Å². The standard InChI is InChI=1S/C8H11BrN2O2S2/c1-15(12,13)3-2-14-8-7(10)4-6(9)5-11-8/h4-5H,2-3,10H2,1H3. The summed E-state index contributed by atoms with van der Waals surface area (Å²) in [4.78, 5) is 4.09. The molecule has 0 saturated carbocycles. The molecular formula is C8H11BrN2O2S2. The van der Waals surface area contributed by atoms with Gasteiger partial charge in [0.2, 0.25) is 0 Å². The van der Waals surface area contributed by atoms with E-state index in [-0.39, 0.29) is 5.75 Å². The molecule has 0 aliphatic heterocycles. The SMILES string of the molecule is CS(=O)(=O)CCSc1ncc(Br)cc1N. The van der Waals surface area contributed by atoms with Gasteiger partial charge in [-0.3, -0.25) is 0 Å². The Morgan fingerprint density at radius 1 is 1.60 bits per heavy atom. The number of pyridine rings is 1. The van der Waals surface area contributed by atoms with E-state index in [1.165, 1.54) is 18.0 Å². The normalized spacial score (nSPS) is 11.6. The number of sulfone groups is 1. The Kier molecular flexibility index (Phi) is 4.42. The number of hydrogen-bond acceptors (Lipinski definition) is 5. The van der Waals surface area contributed by atoms with Crippen LogP contribution in [0.3, 0.4) is 0 Å². The molecule has 0 unspecified atom stereocenters. The van der Waals surface area contributed by atoms with E-state index < -0.39 is 9.84 Å². The monoisotopic (exact) mass is 310 g/mol. The molecule has 0 aliphatic carbocycles. The molecule has 7 heteroatoms. The smallest absolute Gasteiger partial charge is 0.148 e. The number of nitrogens with zero attached hydrogens (tertiary/aromatic N) is 1. The van der Waals surface area contributed by atoms with Crippen LogP contribution in [0.15, 0.2) is 21.8 Å². The minimum atomic E-state index is -2.91. The molecule has 1 aromatic heterocycles. The Labute approximate surface area is 102 Å². The summed E-state index contributed by atoms with van der Waals surface area (Å²) in [5.74, 6) is 0.604. The fraction of sp³-hybridized carbons (Fsp3) is 0.375. The number of anilines is 1. The maximum Gasteiger partial charge on any atom is 0.148 e. The molecule has 0 fully saturated rings. The topological polar surface area (TPSA) is 73.0 Å². The fourth-order valence-corrected chi connectivity index (χ4v) is 3.29. The third-order valence-corrected chi connectivity index (χ3v) is 4.20. The third-order valence-electron chi connectivity index (χ3n) is 1.54. The maximum atomic E-state index is 10.9. The molecule has 0 saturated heterocycles. The van der Waals surface area contributed by atoms with Crippen LogP contribution in [0.1, 0.15) is 0 Å². The number of nitrogens with two attached hydrogens (primary N) is 1. The van der Waals surface area contributed by atoms with Crippen molar-refractivity contribution in [3.8, 4) is 0 Å². The molecule has 2 N–H and O–H groups in total. The zero-order chi connectivity index (χ0) is 11.5. The highest BCUT2D eigenvalue weighted by molar-refractivity contribution is 9.10. The van der Waals surface area contributed by atoms with Crippen LogP contribution in [0.4, 0.5) is 5.69 Å². The van der Waals surface area contributed by atoms with Gasteiger partial charge in [0.05, 0.1) is 11.4 Å². The highest BCUT2D eigenvalue weighted by atomic mass is 79.9. The molecule has 1 heterocycles. The van der Waals surface area contributed by atoms with Gasteiger partial charge in [-0.05, 0) is 22.0 Å². The second-order valence-electron chi connectivity index (χ2n) is 3.03. The summed E-state index contributed by atoms with van der Waals surface area (Å²) < 4.78 is 22.6. The van der Waals surface area contributed by atoms with Crippen LogP contribution in [0.25, 0.3) is 0 Å². The zero-order valence-corrected chi connectivity index (χ0v) is 11.3. The van der Waals surface area contributed by atoms with Crippen molar-refractivity contribution in [3.05, 3.63) is 16.7 Å². The Balaban J connectivity index is 2.59. The maximum absolute atomic E-state index is 10.9. The molecule has 4 nitrogen and oxygen atoms in total. The summed E-state index contributed by atoms with van der Waals surface area (Å²) in [6, 6.07) is 1.75. The number of rotatable bonds is 4. The summed E-state index contributed by atoms with van der Waals surface area (Å²) in [7, 11) is -2.91. The van der Waals surface area contributed by atoms with E-state index in [2.05, 4.69) is 20.9 Å². The van der Waals surface area contributed by atoms with E-state index in [1.807, 2.05) is 0 Å². The van der Waals surface area contributed by atoms with Crippen molar-refractivity contribution in [2.45, 2.75) is 5.03 Å². The van der Waals surface area contributed by atoms with Crippen molar-refractivity contribution >= 4 is 43.2 Å². The quantitative estimate of drug-likeness (QED) is 0.854. The van der Waals surface area contributed by atoms with Gasteiger partial charge in [-0.1, -0.05) is 0 Å². The average molecular weight is 311 g/mol. The van der Waals surface area contributed by atoms with Crippen molar-refractivity contribution in [3.63, 3.8) is 0 Å². The van der Waals surface area contributed by atoms with Crippen LogP contribution >= 0.6 is 27.7 Å². The second-order valence-corrected chi connectivity index (χ2v) is 7.29. The van der Waals surface area contributed by atoms with Crippen LogP contribution in [0, 0.1) is 0 Å². The van der Waals surface area contributed by atoms with Crippen LogP contribution in [0.2, 0.25) is 0 Å². The van der Waals surface area contributed by atoms with Gasteiger partial charge in [-0.15, -0.1) is 11.8 Å². The number of thioether (sulfide) groups is 1. The number of nitrogen functional groups attached to an aromatic ring is 1. The molecule has 0 bridgehead atoms. The minimum absolute atomic E-state index is 0.134. The first kappa shape index (κ1) is 12.8. The molecule has 1 rings (SSSR count). The minimum Gasteiger partial charge on any atom is -0.397 e. The van der Waals surface area contributed by atoms with Gasteiger partial charge in [-0.25, -0.2) is 13.4 Å². The van der Waals surface area contributed by atoms with E-state index in [9.17, 15) is 8.42 Å². The molecule has 0 aromatic carbocycles. The van der Waals surface area contributed by atoms with Crippen LogP contribution in [-0.2, 0) is 9.84 Å². The van der Waals surface area contributed by atoms with Crippen molar-refractivity contribution in [2.24, 2.45) is 0 Å². The van der Waals surface area contributed by atoms with Crippen molar-refractivity contribution in [1.29, 1.82) is 0 Å². The van der Waals surface area contributed by atoms with Crippen LogP contribution in [-0.4, -0.2) is 31.2 Å². The largest absolute Gasteiger partial charge is 0.397 e. The highest BCUT2D eigenvalue weighted by Gasteiger charge is 2.06. The van der Waals surface area contributed by atoms with Gasteiger partial charge in [0.15, 0.2) is 0 Å². The lowest BCUT2D eigenvalue weighted by Crippen LogP contribution is -2.05. The summed E-state index contributed by atoms with van der Waals surface area (Å²) >= 11 is 4.60. The lowest BCUT2D eigenvalue weighted by Gasteiger charge is -2.03. The van der Waals surface area contributed by atoms with Crippen molar-refractivity contribution in [1.82, 2.24) is 4.98 Å². The summed E-state index contributed by atoms with van der Waals surface area (Å²) in [5, 5.41) is 0.668. The number of halogens is 1. The summed E-state index contributed by atoms with van der Waals surface area (Å²) in [6.07, 6.45) is 2.85. The molecule has 0 spiro atoms. The van der Waals surface area contributed by atoms with Crippen molar-refractivity contribution in [2.75, 3.05) is 23.5 Å².